The number of ether oxygens (including phenoxy) is 1. The van der Waals surface area contributed by atoms with Gasteiger partial charge >= 0.3 is 0 Å². The second-order valence-electron chi connectivity index (χ2n) is 4.15. The van der Waals surface area contributed by atoms with Gasteiger partial charge in [0.1, 0.15) is 0 Å². The Morgan fingerprint density at radius 2 is 2.36 bits per heavy atom. The van der Waals surface area contributed by atoms with E-state index in [1.807, 2.05) is 11.8 Å². The normalized spacial score (nSPS) is 32.4. The van der Waals surface area contributed by atoms with Crippen molar-refractivity contribution in [1.29, 1.82) is 0 Å². The summed E-state index contributed by atoms with van der Waals surface area (Å²) in [7, 11) is 0. The van der Waals surface area contributed by atoms with E-state index in [0.717, 1.165) is 19.7 Å². The van der Waals surface area contributed by atoms with Crippen molar-refractivity contribution in [3.8, 4) is 0 Å². The number of nitrogens with one attached hydrogen (secondary N) is 1. The molecule has 0 aliphatic carbocycles. The molecule has 0 aromatic carbocycles. The van der Waals surface area contributed by atoms with Gasteiger partial charge in [-0.3, -0.25) is 0 Å². The van der Waals surface area contributed by atoms with Gasteiger partial charge < -0.3 is 10.1 Å². The molecule has 0 aromatic heterocycles. The molecule has 0 bridgehead atoms. The lowest BCUT2D eigenvalue weighted by atomic mass is 9.79. The van der Waals surface area contributed by atoms with Crippen LogP contribution in [0.15, 0.2) is 0 Å². The summed E-state index contributed by atoms with van der Waals surface area (Å²) in [5.74, 6) is 1.25. The molecule has 3 heteroatoms. The van der Waals surface area contributed by atoms with E-state index >= 15 is 0 Å². The van der Waals surface area contributed by atoms with Crippen LogP contribution < -0.4 is 5.32 Å². The van der Waals surface area contributed by atoms with Gasteiger partial charge in [0, 0.05) is 18.6 Å². The molecule has 2 nitrogen and oxygen atoms in total. The minimum atomic E-state index is 0.402. The zero-order valence-electron chi connectivity index (χ0n) is 9.64. The summed E-state index contributed by atoms with van der Waals surface area (Å²) in [6.45, 7) is 7.52. The van der Waals surface area contributed by atoms with Gasteiger partial charge in [0.05, 0.1) is 6.10 Å². The topological polar surface area (TPSA) is 21.3 Å². The first-order valence-electron chi connectivity index (χ1n) is 5.56. The third-order valence-corrected chi connectivity index (χ3v) is 3.97. The van der Waals surface area contributed by atoms with Gasteiger partial charge in [-0.25, -0.2) is 0 Å². The van der Waals surface area contributed by atoms with E-state index in [9.17, 15) is 0 Å². The van der Waals surface area contributed by atoms with Crippen LogP contribution in [0.4, 0.5) is 0 Å². The molecule has 2 atom stereocenters. The summed E-state index contributed by atoms with van der Waals surface area (Å²) >= 11 is 1.94. The van der Waals surface area contributed by atoms with Gasteiger partial charge in [0.25, 0.3) is 0 Å². The highest BCUT2D eigenvalue weighted by Gasteiger charge is 2.40. The SMILES string of the molecule is CCNCC1(CCSC)CCOC1C. The first kappa shape index (κ1) is 12.3. The van der Waals surface area contributed by atoms with Gasteiger partial charge in [0.2, 0.25) is 0 Å². The molecule has 0 saturated carbocycles. The summed E-state index contributed by atoms with van der Waals surface area (Å²) < 4.78 is 5.71. The Morgan fingerprint density at radius 3 is 2.86 bits per heavy atom. The third kappa shape index (κ3) is 2.88. The lowest BCUT2D eigenvalue weighted by Crippen LogP contribution is -2.40. The number of thioether (sulfide) groups is 1. The van der Waals surface area contributed by atoms with Crippen molar-refractivity contribution in [3.05, 3.63) is 0 Å². The van der Waals surface area contributed by atoms with Gasteiger partial charge in [-0.2, -0.15) is 11.8 Å². The first-order chi connectivity index (χ1) is 6.75. The largest absolute Gasteiger partial charge is 0.378 e. The van der Waals surface area contributed by atoms with Crippen LogP contribution in [-0.2, 0) is 4.74 Å². The highest BCUT2D eigenvalue weighted by Crippen LogP contribution is 2.38. The molecule has 14 heavy (non-hydrogen) atoms. The molecule has 1 fully saturated rings. The van der Waals surface area contributed by atoms with E-state index in [1.165, 1.54) is 18.6 Å². The molecule has 1 saturated heterocycles. The summed E-state index contributed by atoms with van der Waals surface area (Å²) in [6.07, 6.45) is 5.11. The van der Waals surface area contributed by atoms with E-state index in [-0.39, 0.29) is 0 Å². The fourth-order valence-electron chi connectivity index (χ4n) is 2.15. The number of rotatable bonds is 6. The van der Waals surface area contributed by atoms with Crippen LogP contribution in [-0.4, -0.2) is 37.8 Å². The van der Waals surface area contributed by atoms with Crippen LogP contribution in [0.5, 0.6) is 0 Å². The second-order valence-corrected chi connectivity index (χ2v) is 5.13. The Balaban J connectivity index is 2.49. The van der Waals surface area contributed by atoms with E-state index in [1.54, 1.807) is 0 Å². The smallest absolute Gasteiger partial charge is 0.0616 e. The van der Waals surface area contributed by atoms with E-state index < -0.39 is 0 Å². The van der Waals surface area contributed by atoms with Crippen molar-refractivity contribution in [3.63, 3.8) is 0 Å². The van der Waals surface area contributed by atoms with Crippen LogP contribution in [0.25, 0.3) is 0 Å². The minimum absolute atomic E-state index is 0.402. The van der Waals surface area contributed by atoms with E-state index in [0.29, 0.717) is 11.5 Å². The van der Waals surface area contributed by atoms with Crippen LogP contribution in [0.1, 0.15) is 26.7 Å². The standard InChI is InChI=1S/C11H23NOS/c1-4-12-9-11(6-8-14-3)5-7-13-10(11)2/h10,12H,4-9H2,1-3H3. The van der Waals surface area contributed by atoms with Crippen molar-refractivity contribution in [1.82, 2.24) is 5.32 Å². The lowest BCUT2D eigenvalue weighted by Gasteiger charge is -2.32. The van der Waals surface area contributed by atoms with Crippen molar-refractivity contribution >= 4 is 11.8 Å². The monoisotopic (exact) mass is 217 g/mol. The van der Waals surface area contributed by atoms with Crippen molar-refractivity contribution in [2.24, 2.45) is 5.41 Å². The summed E-state index contributed by atoms with van der Waals surface area (Å²) in [4.78, 5) is 0. The molecule has 2 unspecified atom stereocenters. The van der Waals surface area contributed by atoms with Crippen LogP contribution in [0.3, 0.4) is 0 Å². The lowest BCUT2D eigenvalue weighted by molar-refractivity contribution is 0.0619. The highest BCUT2D eigenvalue weighted by molar-refractivity contribution is 7.98. The predicted molar refractivity (Wildman–Crippen MR) is 64.0 cm³/mol. The zero-order chi connectivity index (χ0) is 10.4. The molecule has 0 aromatic rings. The Kier molecular flexibility index (Phi) is 5.28. The average molecular weight is 217 g/mol. The molecule has 0 radical (unpaired) electrons. The fraction of sp³-hybridized carbons (Fsp3) is 1.00. The molecule has 1 aliphatic rings. The molecule has 1 heterocycles. The van der Waals surface area contributed by atoms with Crippen LogP contribution in [0, 0.1) is 5.41 Å². The second kappa shape index (κ2) is 5.99. The van der Waals surface area contributed by atoms with Crippen LogP contribution >= 0.6 is 11.8 Å². The summed E-state index contributed by atoms with van der Waals surface area (Å²) in [5.41, 5.74) is 0.402. The molecular formula is C11H23NOS. The van der Waals surface area contributed by atoms with Crippen molar-refractivity contribution in [2.75, 3.05) is 31.7 Å². The average Bonchev–Trinajstić information content (AvgIpc) is 2.55. The Hall–Kier alpha value is 0.270. The molecular weight excluding hydrogens is 194 g/mol. The minimum Gasteiger partial charge on any atom is -0.378 e. The van der Waals surface area contributed by atoms with Crippen molar-refractivity contribution in [2.45, 2.75) is 32.8 Å². The highest BCUT2D eigenvalue weighted by atomic mass is 32.2. The first-order valence-corrected chi connectivity index (χ1v) is 6.96. The maximum absolute atomic E-state index is 5.71. The maximum Gasteiger partial charge on any atom is 0.0616 e. The molecule has 0 spiro atoms. The van der Waals surface area contributed by atoms with E-state index in [4.69, 9.17) is 4.74 Å². The molecule has 1 N–H and O–H groups in total. The molecule has 84 valence electrons. The molecule has 0 amide bonds. The molecule has 1 rings (SSSR count). The summed E-state index contributed by atoms with van der Waals surface area (Å²) in [6, 6.07) is 0. The Bertz CT molecular complexity index is 155. The molecule has 1 aliphatic heterocycles. The Morgan fingerprint density at radius 1 is 1.57 bits per heavy atom. The maximum atomic E-state index is 5.71. The van der Waals surface area contributed by atoms with Gasteiger partial charge in [-0.05, 0) is 38.3 Å². The summed E-state index contributed by atoms with van der Waals surface area (Å²) in [5, 5.41) is 3.48. The predicted octanol–water partition coefficient (Wildman–Crippen LogP) is 2.14. The van der Waals surface area contributed by atoms with Gasteiger partial charge in [-0.15, -0.1) is 0 Å². The van der Waals surface area contributed by atoms with Crippen molar-refractivity contribution < 1.29 is 4.74 Å². The quantitative estimate of drug-likeness (QED) is 0.736. The van der Waals surface area contributed by atoms with Gasteiger partial charge in [-0.1, -0.05) is 6.92 Å². The third-order valence-electron chi connectivity index (χ3n) is 3.36. The van der Waals surface area contributed by atoms with Gasteiger partial charge in [0.15, 0.2) is 0 Å². The number of hydrogen-bond donors (Lipinski definition) is 1. The van der Waals surface area contributed by atoms with E-state index in [2.05, 4.69) is 25.4 Å². The Labute approximate surface area is 92.2 Å². The zero-order valence-corrected chi connectivity index (χ0v) is 10.5. The van der Waals surface area contributed by atoms with Crippen LogP contribution in [0.2, 0.25) is 0 Å². The fourth-order valence-corrected chi connectivity index (χ4v) is 2.76. The number of hydrogen-bond acceptors (Lipinski definition) is 3.